The Morgan fingerprint density at radius 1 is 1.33 bits per heavy atom. The van der Waals surface area contributed by atoms with Crippen LogP contribution in [-0.4, -0.2) is 40.6 Å². The number of benzene rings is 1. The molecule has 1 rings (SSSR count). The standard InChI is InChI=1S/C12H16N2O6S/c1-8-5-9(21(17,18)14-6-11(13)15)3-4-10(8)20-7-12(16)19-2/h3-5,14H,6-7H2,1-2H3,(H2,13,15). The van der Waals surface area contributed by atoms with Crippen LogP contribution in [0.1, 0.15) is 5.56 Å². The van der Waals surface area contributed by atoms with Crippen molar-refractivity contribution in [1.82, 2.24) is 4.72 Å². The fourth-order valence-corrected chi connectivity index (χ4v) is 2.47. The van der Waals surface area contributed by atoms with Gasteiger partial charge in [-0.2, -0.15) is 0 Å². The number of nitrogens with two attached hydrogens (primary N) is 1. The summed E-state index contributed by atoms with van der Waals surface area (Å²) in [5.41, 5.74) is 5.40. The number of primary amides is 1. The van der Waals surface area contributed by atoms with E-state index in [4.69, 9.17) is 10.5 Å². The molecule has 1 aromatic rings. The van der Waals surface area contributed by atoms with Gasteiger partial charge in [-0.3, -0.25) is 4.79 Å². The predicted octanol–water partition coefficient (Wildman–Crippen LogP) is -0.690. The highest BCUT2D eigenvalue weighted by atomic mass is 32.2. The molecule has 0 aliphatic heterocycles. The Morgan fingerprint density at radius 3 is 2.52 bits per heavy atom. The third-order valence-corrected chi connectivity index (χ3v) is 3.87. The minimum atomic E-state index is -3.83. The molecular weight excluding hydrogens is 300 g/mol. The van der Waals surface area contributed by atoms with Gasteiger partial charge in [0, 0.05) is 0 Å². The van der Waals surface area contributed by atoms with Crippen molar-refractivity contribution < 1.29 is 27.5 Å². The van der Waals surface area contributed by atoms with Crippen molar-refractivity contribution in [3.63, 3.8) is 0 Å². The molecule has 116 valence electrons. The van der Waals surface area contributed by atoms with Crippen molar-refractivity contribution >= 4 is 21.9 Å². The van der Waals surface area contributed by atoms with Gasteiger partial charge in [0.25, 0.3) is 0 Å². The zero-order valence-corrected chi connectivity index (χ0v) is 12.4. The van der Waals surface area contributed by atoms with Gasteiger partial charge in [-0.05, 0) is 30.7 Å². The maximum atomic E-state index is 11.9. The maximum Gasteiger partial charge on any atom is 0.343 e. The molecular formula is C12H16N2O6S. The van der Waals surface area contributed by atoms with Crippen LogP contribution < -0.4 is 15.2 Å². The van der Waals surface area contributed by atoms with Crippen molar-refractivity contribution in [3.8, 4) is 5.75 Å². The summed E-state index contributed by atoms with van der Waals surface area (Å²) < 4.78 is 35.4. The first kappa shape index (κ1) is 16.9. The molecule has 21 heavy (non-hydrogen) atoms. The Balaban J connectivity index is 2.86. The largest absolute Gasteiger partial charge is 0.482 e. The summed E-state index contributed by atoms with van der Waals surface area (Å²) in [6, 6.07) is 4.07. The van der Waals surface area contributed by atoms with Crippen molar-refractivity contribution in [1.29, 1.82) is 0 Å². The number of methoxy groups -OCH3 is 1. The summed E-state index contributed by atoms with van der Waals surface area (Å²) in [4.78, 5) is 21.5. The van der Waals surface area contributed by atoms with Gasteiger partial charge in [0.05, 0.1) is 18.6 Å². The lowest BCUT2D eigenvalue weighted by Gasteiger charge is -2.10. The molecule has 0 aliphatic rings. The quantitative estimate of drug-likeness (QED) is 0.642. The van der Waals surface area contributed by atoms with E-state index in [-0.39, 0.29) is 11.5 Å². The molecule has 1 amide bonds. The highest BCUT2D eigenvalue weighted by Gasteiger charge is 2.16. The van der Waals surface area contributed by atoms with Crippen molar-refractivity contribution in [3.05, 3.63) is 23.8 Å². The second-order valence-electron chi connectivity index (χ2n) is 4.08. The van der Waals surface area contributed by atoms with Gasteiger partial charge in [-0.15, -0.1) is 0 Å². The van der Waals surface area contributed by atoms with Crippen LogP contribution in [0.5, 0.6) is 5.75 Å². The van der Waals surface area contributed by atoms with E-state index in [2.05, 4.69) is 9.46 Å². The first-order chi connectivity index (χ1) is 9.76. The lowest BCUT2D eigenvalue weighted by atomic mass is 10.2. The van der Waals surface area contributed by atoms with Crippen molar-refractivity contribution in [2.45, 2.75) is 11.8 Å². The zero-order valence-electron chi connectivity index (χ0n) is 11.6. The number of hydrogen-bond acceptors (Lipinski definition) is 6. The molecule has 0 atom stereocenters. The fraction of sp³-hybridized carbons (Fsp3) is 0.333. The molecule has 3 N–H and O–H groups in total. The molecule has 0 unspecified atom stereocenters. The summed E-state index contributed by atoms with van der Waals surface area (Å²) >= 11 is 0. The number of sulfonamides is 1. The van der Waals surface area contributed by atoms with Crippen LogP contribution in [0.2, 0.25) is 0 Å². The molecule has 0 heterocycles. The Labute approximate surface area is 122 Å². The number of carbonyl (C=O) groups is 2. The SMILES string of the molecule is COC(=O)COc1ccc(S(=O)(=O)NCC(N)=O)cc1C. The lowest BCUT2D eigenvalue weighted by molar-refractivity contribution is -0.142. The van der Waals surface area contributed by atoms with Gasteiger partial charge in [0.15, 0.2) is 6.61 Å². The van der Waals surface area contributed by atoms with Crippen LogP contribution in [0.4, 0.5) is 0 Å². The summed E-state index contributed by atoms with van der Waals surface area (Å²) in [5, 5.41) is 0. The number of aryl methyl sites for hydroxylation is 1. The smallest absolute Gasteiger partial charge is 0.343 e. The maximum absolute atomic E-state index is 11.9. The molecule has 8 nitrogen and oxygen atoms in total. The van der Waals surface area contributed by atoms with E-state index in [1.165, 1.54) is 25.3 Å². The number of nitrogens with one attached hydrogen (secondary N) is 1. The van der Waals surface area contributed by atoms with Crippen LogP contribution in [0, 0.1) is 6.92 Å². The lowest BCUT2D eigenvalue weighted by Crippen LogP contribution is -2.33. The van der Waals surface area contributed by atoms with Gasteiger partial charge in [-0.1, -0.05) is 0 Å². The molecule has 0 saturated carbocycles. The number of esters is 1. The van der Waals surface area contributed by atoms with Crippen molar-refractivity contribution in [2.24, 2.45) is 5.73 Å². The molecule has 0 aliphatic carbocycles. The molecule has 0 radical (unpaired) electrons. The Bertz CT molecular complexity index is 641. The molecule has 0 fully saturated rings. The van der Waals surface area contributed by atoms with E-state index in [9.17, 15) is 18.0 Å². The number of ether oxygens (including phenoxy) is 2. The van der Waals surface area contributed by atoms with Crippen LogP contribution in [0.25, 0.3) is 0 Å². The Kier molecular flexibility index (Phi) is 5.68. The minimum Gasteiger partial charge on any atom is -0.482 e. The van der Waals surface area contributed by atoms with Crippen LogP contribution >= 0.6 is 0 Å². The predicted molar refractivity (Wildman–Crippen MR) is 73.1 cm³/mol. The number of hydrogen-bond donors (Lipinski definition) is 2. The number of rotatable bonds is 7. The molecule has 9 heteroatoms. The number of amides is 1. The molecule has 0 spiro atoms. The van der Waals surface area contributed by atoms with Gasteiger partial charge in [-0.25, -0.2) is 17.9 Å². The second-order valence-corrected chi connectivity index (χ2v) is 5.85. The van der Waals surface area contributed by atoms with E-state index in [0.29, 0.717) is 11.3 Å². The van der Waals surface area contributed by atoms with E-state index >= 15 is 0 Å². The average molecular weight is 316 g/mol. The van der Waals surface area contributed by atoms with E-state index in [1.54, 1.807) is 6.92 Å². The third-order valence-electron chi connectivity index (χ3n) is 2.47. The highest BCUT2D eigenvalue weighted by Crippen LogP contribution is 2.21. The monoisotopic (exact) mass is 316 g/mol. The Hall–Kier alpha value is -2.13. The van der Waals surface area contributed by atoms with Gasteiger partial charge >= 0.3 is 5.97 Å². The molecule has 0 aromatic heterocycles. The van der Waals surface area contributed by atoms with E-state index < -0.39 is 28.4 Å². The summed E-state index contributed by atoms with van der Waals surface area (Å²) in [7, 11) is -2.59. The zero-order chi connectivity index (χ0) is 16.0. The van der Waals surface area contributed by atoms with Crippen LogP contribution in [0.15, 0.2) is 23.1 Å². The number of carbonyl (C=O) groups excluding carboxylic acids is 2. The molecule has 1 aromatic carbocycles. The van der Waals surface area contributed by atoms with Crippen LogP contribution in [0.3, 0.4) is 0 Å². The first-order valence-corrected chi connectivity index (χ1v) is 7.33. The van der Waals surface area contributed by atoms with Crippen LogP contribution in [-0.2, 0) is 24.3 Å². The normalized spacial score (nSPS) is 11.0. The second kappa shape index (κ2) is 7.04. The van der Waals surface area contributed by atoms with Gasteiger partial charge < -0.3 is 15.2 Å². The minimum absolute atomic E-state index is 0.0355. The summed E-state index contributed by atoms with van der Waals surface area (Å²) in [6.45, 7) is 0.866. The van der Waals surface area contributed by atoms with E-state index in [0.717, 1.165) is 0 Å². The molecule has 0 saturated heterocycles. The Morgan fingerprint density at radius 2 is 2.00 bits per heavy atom. The highest BCUT2D eigenvalue weighted by molar-refractivity contribution is 7.89. The van der Waals surface area contributed by atoms with Gasteiger partial charge in [0.1, 0.15) is 5.75 Å². The average Bonchev–Trinajstić information content (AvgIpc) is 2.43. The fourth-order valence-electron chi connectivity index (χ4n) is 1.40. The van der Waals surface area contributed by atoms with Gasteiger partial charge in [0.2, 0.25) is 15.9 Å². The summed E-state index contributed by atoms with van der Waals surface area (Å²) in [5.74, 6) is -0.975. The topological polar surface area (TPSA) is 125 Å². The molecule has 0 bridgehead atoms. The van der Waals surface area contributed by atoms with E-state index in [1.807, 2.05) is 0 Å². The third kappa shape index (κ3) is 5.04. The summed E-state index contributed by atoms with van der Waals surface area (Å²) in [6.07, 6.45) is 0. The first-order valence-electron chi connectivity index (χ1n) is 5.84. The van der Waals surface area contributed by atoms with Crippen molar-refractivity contribution in [2.75, 3.05) is 20.3 Å².